The van der Waals surface area contributed by atoms with Gasteiger partial charge in [-0.3, -0.25) is 9.35 Å². The molecule has 0 saturated heterocycles. The number of carboxylic acid groups (broad SMARTS) is 1. The van der Waals surface area contributed by atoms with E-state index in [1.807, 2.05) is 0 Å². The maximum atomic E-state index is 11.2. The Morgan fingerprint density at radius 3 is 2.40 bits per heavy atom. The van der Waals surface area contributed by atoms with Crippen LogP contribution >= 0.6 is 0 Å². The van der Waals surface area contributed by atoms with Crippen LogP contribution in [0.5, 0.6) is 0 Å². The van der Waals surface area contributed by atoms with Crippen molar-refractivity contribution in [2.75, 3.05) is 0 Å². The van der Waals surface area contributed by atoms with Gasteiger partial charge >= 0.3 is 5.97 Å². The minimum atomic E-state index is -4.70. The van der Waals surface area contributed by atoms with Crippen molar-refractivity contribution in [3.8, 4) is 0 Å². The lowest BCUT2D eigenvalue weighted by Gasteiger charge is -2.31. The summed E-state index contributed by atoms with van der Waals surface area (Å²) < 4.78 is 29.2. The number of allylic oxidation sites excluding steroid dienone is 3. The van der Waals surface area contributed by atoms with Gasteiger partial charge in [0.2, 0.25) is 4.75 Å². The van der Waals surface area contributed by atoms with Crippen molar-refractivity contribution in [1.29, 1.82) is 0 Å². The van der Waals surface area contributed by atoms with E-state index < -0.39 is 26.8 Å². The molecule has 0 aromatic heterocycles. The smallest absolute Gasteiger partial charge is 0.332 e. The van der Waals surface area contributed by atoms with Crippen molar-refractivity contribution < 1.29 is 22.9 Å². The summed E-state index contributed by atoms with van der Waals surface area (Å²) in [5.74, 6) is -2.36. The molecule has 0 heterocycles. The number of aliphatic carboxylic acids is 1. The summed E-state index contributed by atoms with van der Waals surface area (Å²) in [5.41, 5.74) is 0.595. The Morgan fingerprint density at radius 1 is 1.53 bits per heavy atom. The molecule has 2 atom stereocenters. The normalized spacial score (nSPS) is 31.1. The molecule has 1 aliphatic rings. The first kappa shape index (κ1) is 11.9. The van der Waals surface area contributed by atoms with Gasteiger partial charge in [-0.25, -0.2) is 0 Å². The van der Waals surface area contributed by atoms with Crippen molar-refractivity contribution in [1.82, 2.24) is 0 Å². The van der Waals surface area contributed by atoms with Gasteiger partial charge in [0, 0.05) is 5.92 Å². The molecule has 6 heteroatoms. The predicted molar refractivity (Wildman–Crippen MR) is 54.0 cm³/mol. The van der Waals surface area contributed by atoms with Crippen molar-refractivity contribution in [2.24, 2.45) is 5.92 Å². The van der Waals surface area contributed by atoms with Crippen LogP contribution in [0.15, 0.2) is 23.8 Å². The van der Waals surface area contributed by atoms with Crippen LogP contribution in [0.2, 0.25) is 0 Å². The summed E-state index contributed by atoms with van der Waals surface area (Å²) in [6, 6.07) is 0. The second kappa shape index (κ2) is 3.46. The molecule has 0 radical (unpaired) electrons. The number of hydrogen-bond donors (Lipinski definition) is 2. The highest BCUT2D eigenvalue weighted by Gasteiger charge is 2.54. The third-order valence-electron chi connectivity index (χ3n) is 2.79. The van der Waals surface area contributed by atoms with E-state index in [9.17, 15) is 13.2 Å². The minimum absolute atomic E-state index is 0.595. The Bertz CT molecular complexity index is 445. The summed E-state index contributed by atoms with van der Waals surface area (Å²) in [7, 11) is -4.70. The molecule has 15 heavy (non-hydrogen) atoms. The predicted octanol–water partition coefficient (Wildman–Crippen LogP) is 0.850. The van der Waals surface area contributed by atoms with E-state index in [0.29, 0.717) is 5.57 Å². The molecule has 5 nitrogen and oxygen atoms in total. The number of carboxylic acids is 1. The van der Waals surface area contributed by atoms with Crippen molar-refractivity contribution in [3.63, 3.8) is 0 Å². The first-order chi connectivity index (χ1) is 6.73. The zero-order valence-electron chi connectivity index (χ0n) is 8.34. The van der Waals surface area contributed by atoms with Gasteiger partial charge in [-0.05, 0) is 13.0 Å². The average molecular weight is 232 g/mol. The second-order valence-corrected chi connectivity index (χ2v) is 5.19. The summed E-state index contributed by atoms with van der Waals surface area (Å²) in [5, 5.41) is 8.99. The first-order valence-corrected chi connectivity index (χ1v) is 5.74. The van der Waals surface area contributed by atoms with Gasteiger partial charge in [0.05, 0.1) is 0 Å². The van der Waals surface area contributed by atoms with Crippen LogP contribution in [-0.4, -0.2) is 28.8 Å². The van der Waals surface area contributed by atoms with E-state index >= 15 is 0 Å². The lowest BCUT2D eigenvalue weighted by atomic mass is 9.83. The monoisotopic (exact) mass is 232 g/mol. The van der Waals surface area contributed by atoms with Crippen LogP contribution < -0.4 is 0 Å². The number of carbonyl (C=O) groups is 1. The molecule has 0 aliphatic heterocycles. The Morgan fingerprint density at radius 2 is 2.07 bits per heavy atom. The van der Waals surface area contributed by atoms with Gasteiger partial charge in [-0.15, -0.1) is 0 Å². The van der Waals surface area contributed by atoms with Crippen LogP contribution in [0.1, 0.15) is 13.8 Å². The molecule has 0 spiro atoms. The highest BCUT2D eigenvalue weighted by Crippen LogP contribution is 2.36. The average Bonchev–Trinajstić information content (AvgIpc) is 2.07. The van der Waals surface area contributed by atoms with Gasteiger partial charge in [0.25, 0.3) is 10.1 Å². The molecule has 0 amide bonds. The highest BCUT2D eigenvalue weighted by atomic mass is 32.2. The van der Waals surface area contributed by atoms with Gasteiger partial charge in [0.15, 0.2) is 0 Å². The first-order valence-electron chi connectivity index (χ1n) is 4.30. The number of hydrogen-bond acceptors (Lipinski definition) is 3. The van der Waals surface area contributed by atoms with Crippen LogP contribution in [0.3, 0.4) is 0 Å². The minimum Gasteiger partial charge on any atom is -0.480 e. The van der Waals surface area contributed by atoms with Crippen molar-refractivity contribution >= 4 is 16.1 Å². The van der Waals surface area contributed by atoms with E-state index in [1.165, 1.54) is 13.0 Å². The van der Waals surface area contributed by atoms with Crippen LogP contribution in [-0.2, 0) is 14.9 Å². The molecular formula is C9H12O5S. The van der Waals surface area contributed by atoms with E-state index in [1.54, 1.807) is 13.0 Å². The zero-order chi connectivity index (χ0) is 11.9. The molecule has 0 bridgehead atoms. The fourth-order valence-electron chi connectivity index (χ4n) is 1.65. The molecule has 0 fully saturated rings. The molecule has 84 valence electrons. The summed E-state index contributed by atoms with van der Waals surface area (Å²) in [6.45, 7) is 3.08. The summed E-state index contributed by atoms with van der Waals surface area (Å²) in [6.07, 6.45) is 3.95. The molecule has 2 unspecified atom stereocenters. The molecular weight excluding hydrogens is 220 g/mol. The fraction of sp³-hybridized carbons (Fsp3) is 0.444. The topological polar surface area (TPSA) is 91.7 Å². The van der Waals surface area contributed by atoms with Crippen molar-refractivity contribution in [2.45, 2.75) is 18.6 Å². The van der Waals surface area contributed by atoms with Crippen LogP contribution in [0, 0.1) is 5.92 Å². The molecule has 1 aliphatic carbocycles. The van der Waals surface area contributed by atoms with Crippen molar-refractivity contribution in [3.05, 3.63) is 23.8 Å². The summed E-state index contributed by atoms with van der Waals surface area (Å²) >= 11 is 0. The quantitative estimate of drug-likeness (QED) is 0.688. The number of rotatable bonds is 2. The largest absolute Gasteiger partial charge is 0.480 e. The van der Waals surface area contributed by atoms with E-state index in [2.05, 4.69) is 0 Å². The molecule has 1 rings (SSSR count). The summed E-state index contributed by atoms with van der Waals surface area (Å²) in [4.78, 5) is 11.1. The van der Waals surface area contributed by atoms with E-state index in [-0.39, 0.29) is 0 Å². The van der Waals surface area contributed by atoms with Gasteiger partial charge < -0.3 is 5.11 Å². The molecule has 2 N–H and O–H groups in total. The SMILES string of the molecule is CC1=CC=CC(C(=O)O)(S(=O)(=O)O)C1C. The Labute approximate surface area is 87.9 Å². The van der Waals surface area contributed by atoms with E-state index in [4.69, 9.17) is 9.66 Å². The second-order valence-electron chi connectivity index (χ2n) is 3.56. The maximum Gasteiger partial charge on any atom is 0.332 e. The van der Waals surface area contributed by atoms with E-state index in [0.717, 1.165) is 6.08 Å². The van der Waals surface area contributed by atoms with Crippen LogP contribution in [0.4, 0.5) is 0 Å². The fourth-order valence-corrected chi connectivity index (χ4v) is 2.75. The maximum absolute atomic E-state index is 11.2. The lowest BCUT2D eigenvalue weighted by Crippen LogP contribution is -2.51. The third kappa shape index (κ3) is 1.59. The van der Waals surface area contributed by atoms with Crippen LogP contribution in [0.25, 0.3) is 0 Å². The zero-order valence-corrected chi connectivity index (χ0v) is 9.15. The van der Waals surface area contributed by atoms with Gasteiger partial charge in [-0.1, -0.05) is 24.6 Å². The third-order valence-corrected chi connectivity index (χ3v) is 4.31. The molecule has 0 aromatic rings. The van der Waals surface area contributed by atoms with Gasteiger partial charge in [-0.2, -0.15) is 8.42 Å². The van der Waals surface area contributed by atoms with Gasteiger partial charge in [0.1, 0.15) is 0 Å². The Kier molecular flexibility index (Phi) is 2.75. The molecule has 0 aromatic carbocycles. The Balaban J connectivity index is 3.47. The standard InChI is InChI=1S/C9H12O5S/c1-6-4-3-5-9(7(6)2,8(10)11)15(12,13)14/h3-5,7H,1-2H3,(H,10,11)(H,12,13,14). The Hall–Kier alpha value is -1.14. The lowest BCUT2D eigenvalue weighted by molar-refractivity contribution is -0.139. The molecule has 0 saturated carbocycles. The highest BCUT2D eigenvalue weighted by molar-refractivity contribution is 7.88.